The maximum Gasteiger partial charge on any atom is 0.341 e. The minimum atomic E-state index is -2.02. The van der Waals surface area contributed by atoms with Crippen LogP contribution >= 0.6 is 15.9 Å². The molecule has 2 aliphatic carbocycles. The Bertz CT molecular complexity index is 528. The number of nitrogens with one attached hydrogen (secondary N) is 1. The third-order valence-corrected chi connectivity index (χ3v) is 4.64. The number of benzene rings is 1. The van der Waals surface area contributed by atoms with Gasteiger partial charge in [0.15, 0.2) is 0 Å². The Balaban J connectivity index is 1.64. The summed E-state index contributed by atoms with van der Waals surface area (Å²) < 4.78 is 14.7. The summed E-state index contributed by atoms with van der Waals surface area (Å²) in [6, 6.07) is 6.42. The van der Waals surface area contributed by atoms with E-state index >= 15 is 0 Å². The van der Waals surface area contributed by atoms with Gasteiger partial charge in [-0.15, -0.1) is 0 Å². The number of halogens is 2. The van der Waals surface area contributed by atoms with Gasteiger partial charge in [-0.05, 0) is 36.1 Å². The zero-order valence-corrected chi connectivity index (χ0v) is 11.9. The molecule has 1 atom stereocenters. The summed E-state index contributed by atoms with van der Waals surface area (Å²) in [5.74, 6) is -1.33. The van der Waals surface area contributed by atoms with E-state index in [4.69, 9.17) is 5.11 Å². The van der Waals surface area contributed by atoms with E-state index in [1.807, 2.05) is 6.07 Å². The smallest absolute Gasteiger partial charge is 0.341 e. The zero-order chi connectivity index (χ0) is 13.6. The highest BCUT2D eigenvalue weighted by atomic mass is 79.9. The SMILES string of the molecule is O=C(O)C1(F)CC(N[C@@H]2CCc3cc(Br)ccc32)C1. The summed E-state index contributed by atoms with van der Waals surface area (Å²) in [5, 5.41) is 12.1. The lowest BCUT2D eigenvalue weighted by Crippen LogP contribution is -2.55. The predicted molar refractivity (Wildman–Crippen MR) is 72.8 cm³/mol. The summed E-state index contributed by atoms with van der Waals surface area (Å²) in [6.45, 7) is 0. The molecule has 0 aliphatic heterocycles. The number of alkyl halides is 1. The highest BCUT2D eigenvalue weighted by Gasteiger charge is 2.51. The first-order chi connectivity index (χ1) is 8.98. The van der Waals surface area contributed by atoms with Gasteiger partial charge in [-0.1, -0.05) is 22.0 Å². The Labute approximate surface area is 119 Å². The molecule has 102 valence electrons. The number of carboxylic acids is 1. The van der Waals surface area contributed by atoms with Gasteiger partial charge in [0.2, 0.25) is 5.67 Å². The minimum absolute atomic E-state index is 0.0271. The second-order valence-electron chi connectivity index (χ2n) is 5.48. The maximum atomic E-state index is 13.7. The molecular weight excluding hydrogens is 313 g/mol. The van der Waals surface area contributed by atoms with E-state index in [1.54, 1.807) is 0 Å². The van der Waals surface area contributed by atoms with E-state index in [0.717, 1.165) is 17.3 Å². The Hall–Kier alpha value is -0.940. The molecule has 1 aromatic rings. The van der Waals surface area contributed by atoms with Gasteiger partial charge in [-0.2, -0.15) is 0 Å². The number of rotatable bonds is 3. The average Bonchev–Trinajstić information content (AvgIpc) is 2.69. The first-order valence-corrected chi connectivity index (χ1v) is 7.24. The number of aliphatic carboxylic acids is 1. The number of hydrogen-bond acceptors (Lipinski definition) is 2. The van der Waals surface area contributed by atoms with Gasteiger partial charge in [0, 0.05) is 29.4 Å². The fourth-order valence-corrected chi connectivity index (χ4v) is 3.47. The minimum Gasteiger partial charge on any atom is -0.479 e. The van der Waals surface area contributed by atoms with Crippen LogP contribution in [0, 0.1) is 0 Å². The van der Waals surface area contributed by atoms with Crippen LogP contribution in [0.4, 0.5) is 4.39 Å². The lowest BCUT2D eigenvalue weighted by Gasteiger charge is -2.40. The van der Waals surface area contributed by atoms with Crippen LogP contribution in [0.15, 0.2) is 22.7 Å². The fraction of sp³-hybridized carbons (Fsp3) is 0.500. The summed E-state index contributed by atoms with van der Waals surface area (Å²) in [7, 11) is 0. The highest BCUT2D eigenvalue weighted by Crippen LogP contribution is 2.40. The number of aryl methyl sites for hydroxylation is 1. The van der Waals surface area contributed by atoms with Gasteiger partial charge in [-0.3, -0.25) is 0 Å². The lowest BCUT2D eigenvalue weighted by atomic mass is 9.77. The molecule has 1 saturated carbocycles. The first-order valence-electron chi connectivity index (χ1n) is 6.45. The van der Waals surface area contributed by atoms with E-state index in [1.165, 1.54) is 11.1 Å². The van der Waals surface area contributed by atoms with Crippen molar-refractivity contribution in [2.45, 2.75) is 43.4 Å². The van der Waals surface area contributed by atoms with Crippen molar-refractivity contribution in [2.75, 3.05) is 0 Å². The molecule has 0 saturated heterocycles. The van der Waals surface area contributed by atoms with E-state index in [9.17, 15) is 9.18 Å². The molecule has 0 unspecified atom stereocenters. The molecule has 0 spiro atoms. The fourth-order valence-electron chi connectivity index (χ4n) is 3.06. The van der Waals surface area contributed by atoms with Crippen molar-refractivity contribution >= 4 is 21.9 Å². The topological polar surface area (TPSA) is 49.3 Å². The Morgan fingerprint density at radius 2 is 2.21 bits per heavy atom. The molecule has 1 fully saturated rings. The van der Waals surface area contributed by atoms with Gasteiger partial charge in [-0.25, -0.2) is 9.18 Å². The Morgan fingerprint density at radius 1 is 1.47 bits per heavy atom. The van der Waals surface area contributed by atoms with Gasteiger partial charge < -0.3 is 10.4 Å². The van der Waals surface area contributed by atoms with Gasteiger partial charge in [0.05, 0.1) is 0 Å². The number of carboxylic acid groups (broad SMARTS) is 1. The summed E-state index contributed by atoms with van der Waals surface area (Å²) >= 11 is 3.46. The summed E-state index contributed by atoms with van der Waals surface area (Å²) in [6.07, 6.45) is 2.16. The lowest BCUT2D eigenvalue weighted by molar-refractivity contribution is -0.159. The molecule has 19 heavy (non-hydrogen) atoms. The van der Waals surface area contributed by atoms with Crippen molar-refractivity contribution in [3.05, 3.63) is 33.8 Å². The molecular formula is C14H15BrFNO2. The number of fused-ring (bicyclic) bond motifs is 1. The predicted octanol–water partition coefficient (Wildman–Crippen LogP) is 2.98. The molecule has 1 aromatic carbocycles. The van der Waals surface area contributed by atoms with Gasteiger partial charge >= 0.3 is 5.97 Å². The molecule has 2 aliphatic rings. The van der Waals surface area contributed by atoms with Crippen molar-refractivity contribution < 1.29 is 14.3 Å². The first kappa shape index (κ1) is 13.1. The number of hydrogen-bond donors (Lipinski definition) is 2. The summed E-state index contributed by atoms with van der Waals surface area (Å²) in [4.78, 5) is 10.7. The largest absolute Gasteiger partial charge is 0.479 e. The molecule has 0 amide bonds. The van der Waals surface area contributed by atoms with Gasteiger partial charge in [0.1, 0.15) is 0 Å². The van der Waals surface area contributed by atoms with E-state index in [-0.39, 0.29) is 24.9 Å². The quantitative estimate of drug-likeness (QED) is 0.897. The van der Waals surface area contributed by atoms with E-state index in [0.29, 0.717) is 0 Å². The molecule has 0 radical (unpaired) electrons. The van der Waals surface area contributed by atoms with Crippen LogP contribution in [0.5, 0.6) is 0 Å². The van der Waals surface area contributed by atoms with Crippen molar-refractivity contribution in [1.29, 1.82) is 0 Å². The molecule has 0 aromatic heterocycles. The summed E-state index contributed by atoms with van der Waals surface area (Å²) in [5.41, 5.74) is 0.560. The van der Waals surface area contributed by atoms with Crippen molar-refractivity contribution in [3.63, 3.8) is 0 Å². The van der Waals surface area contributed by atoms with Crippen LogP contribution in [0.1, 0.15) is 36.4 Å². The van der Waals surface area contributed by atoms with E-state index < -0.39 is 11.6 Å². The monoisotopic (exact) mass is 327 g/mol. The normalized spacial score (nSPS) is 32.7. The Kier molecular flexibility index (Phi) is 3.14. The maximum absolute atomic E-state index is 13.7. The third-order valence-electron chi connectivity index (χ3n) is 4.14. The average molecular weight is 328 g/mol. The second kappa shape index (κ2) is 4.56. The van der Waals surface area contributed by atoms with Crippen LogP contribution in [-0.4, -0.2) is 22.8 Å². The van der Waals surface area contributed by atoms with Crippen LogP contribution in [0.25, 0.3) is 0 Å². The molecule has 0 heterocycles. The second-order valence-corrected chi connectivity index (χ2v) is 6.39. The molecule has 3 nitrogen and oxygen atoms in total. The van der Waals surface area contributed by atoms with Crippen LogP contribution in [0.3, 0.4) is 0 Å². The van der Waals surface area contributed by atoms with Crippen molar-refractivity contribution in [3.8, 4) is 0 Å². The molecule has 2 N–H and O–H groups in total. The molecule has 0 bridgehead atoms. The zero-order valence-electron chi connectivity index (χ0n) is 10.3. The number of carbonyl (C=O) groups is 1. The Morgan fingerprint density at radius 3 is 2.89 bits per heavy atom. The van der Waals surface area contributed by atoms with Crippen LogP contribution in [0.2, 0.25) is 0 Å². The standard InChI is InChI=1S/C14H15BrFNO2/c15-9-2-3-11-8(5-9)1-4-12(11)17-10-6-14(16,7-10)13(18)19/h2-3,5,10,12,17H,1,4,6-7H2,(H,18,19)/t10?,12-,14?/m1/s1. The third kappa shape index (κ3) is 2.30. The molecule has 5 heteroatoms. The van der Waals surface area contributed by atoms with Crippen LogP contribution in [-0.2, 0) is 11.2 Å². The highest BCUT2D eigenvalue weighted by molar-refractivity contribution is 9.10. The van der Waals surface area contributed by atoms with Crippen molar-refractivity contribution in [1.82, 2.24) is 5.32 Å². The van der Waals surface area contributed by atoms with E-state index in [2.05, 4.69) is 33.4 Å². The van der Waals surface area contributed by atoms with Gasteiger partial charge in [0.25, 0.3) is 0 Å². The molecule has 3 rings (SSSR count). The van der Waals surface area contributed by atoms with Crippen LogP contribution < -0.4 is 5.32 Å². The van der Waals surface area contributed by atoms with Crippen molar-refractivity contribution in [2.24, 2.45) is 0 Å².